The third-order valence-electron chi connectivity index (χ3n) is 13.5. The Morgan fingerprint density at radius 3 is 1.30 bits per heavy atom. The van der Waals surface area contributed by atoms with E-state index in [4.69, 9.17) is 0 Å². The Morgan fingerprint density at radius 2 is 0.750 bits per heavy atom. The minimum Gasteiger partial charge on any atom is -0.309 e. The van der Waals surface area contributed by atoms with Crippen LogP contribution in [0.5, 0.6) is 0 Å². The Morgan fingerprint density at radius 1 is 0.333 bits per heavy atom. The van der Waals surface area contributed by atoms with Crippen LogP contribution in [0.4, 0.5) is 0 Å². The quantitative estimate of drug-likeness (QED) is 0.117. The zero-order valence-corrected chi connectivity index (χ0v) is 34.7. The molecular weight excluding hydrogens is 741 g/mol. The van der Waals surface area contributed by atoms with Crippen LogP contribution in [0, 0.1) is 0 Å². The molecule has 1 aliphatic rings. The maximum Gasteiger partial charge on any atom is 0.179 e. The lowest BCUT2D eigenvalue weighted by atomic mass is 9.81. The fourth-order valence-corrected chi connectivity index (χ4v) is 15.6. The SMILES string of the molecule is CC1(C)c2ccccc2-c2ccc3c4ccccc4n(-c4ccc([Si](c5ccccc5)(c5ccccc5)c5ccc(-n6c7ccccc7c7ccccc76)cc5)cc4)c3c21. The van der Waals surface area contributed by atoms with E-state index in [1.807, 2.05) is 0 Å². The molecule has 9 aromatic carbocycles. The highest BCUT2D eigenvalue weighted by atomic mass is 28.3. The van der Waals surface area contributed by atoms with Crippen molar-refractivity contribution in [1.82, 2.24) is 9.13 Å². The first kappa shape index (κ1) is 34.8. The smallest absolute Gasteiger partial charge is 0.179 e. The highest BCUT2D eigenvalue weighted by molar-refractivity contribution is 7.19. The van der Waals surface area contributed by atoms with Crippen LogP contribution < -0.4 is 20.7 Å². The normalized spacial score (nSPS) is 13.3. The second-order valence-corrected chi connectivity index (χ2v) is 20.7. The Kier molecular flexibility index (Phi) is 7.63. The lowest BCUT2D eigenvalue weighted by molar-refractivity contribution is 0.664. The van der Waals surface area contributed by atoms with Crippen molar-refractivity contribution in [3.8, 4) is 22.5 Å². The van der Waals surface area contributed by atoms with Gasteiger partial charge in [-0.25, -0.2) is 0 Å². The van der Waals surface area contributed by atoms with Crippen molar-refractivity contribution in [2.45, 2.75) is 19.3 Å². The molecule has 0 saturated heterocycles. The van der Waals surface area contributed by atoms with Crippen LogP contribution in [0.15, 0.2) is 218 Å². The predicted molar refractivity (Wildman–Crippen MR) is 256 cm³/mol. The van der Waals surface area contributed by atoms with Crippen LogP contribution >= 0.6 is 0 Å². The number of benzene rings is 9. The van der Waals surface area contributed by atoms with Crippen LogP contribution in [0.25, 0.3) is 66.1 Å². The van der Waals surface area contributed by atoms with E-state index in [-0.39, 0.29) is 5.41 Å². The fraction of sp³-hybridized carbons (Fsp3) is 0.0526. The van der Waals surface area contributed by atoms with Gasteiger partial charge in [-0.2, -0.15) is 0 Å². The lowest BCUT2D eigenvalue weighted by Gasteiger charge is -2.34. The number of hydrogen-bond acceptors (Lipinski definition) is 0. The van der Waals surface area contributed by atoms with E-state index in [0.29, 0.717) is 0 Å². The van der Waals surface area contributed by atoms with Gasteiger partial charge in [0.1, 0.15) is 0 Å². The zero-order chi connectivity index (χ0) is 40.0. The van der Waals surface area contributed by atoms with Crippen molar-refractivity contribution in [2.75, 3.05) is 0 Å². The van der Waals surface area contributed by atoms with Crippen LogP contribution in [0.1, 0.15) is 25.0 Å². The average Bonchev–Trinajstić information content (AvgIpc) is 3.91. The lowest BCUT2D eigenvalue weighted by Crippen LogP contribution is -2.74. The maximum atomic E-state index is 2.54. The van der Waals surface area contributed by atoms with Gasteiger partial charge in [-0.15, -0.1) is 0 Å². The van der Waals surface area contributed by atoms with Crippen molar-refractivity contribution in [1.29, 1.82) is 0 Å². The van der Waals surface area contributed by atoms with E-state index in [1.165, 1.54) is 98.0 Å². The number of aromatic nitrogens is 2. The number of fused-ring (bicyclic) bond motifs is 10. The highest BCUT2D eigenvalue weighted by Crippen LogP contribution is 2.52. The average molecular weight is 783 g/mol. The van der Waals surface area contributed by atoms with Gasteiger partial charge in [-0.3, -0.25) is 0 Å². The Balaban J connectivity index is 1.08. The molecule has 0 atom stereocenters. The first-order chi connectivity index (χ1) is 29.5. The van der Waals surface area contributed by atoms with Crippen LogP contribution in [0.3, 0.4) is 0 Å². The molecule has 1 aliphatic carbocycles. The van der Waals surface area contributed by atoms with Gasteiger partial charge in [-0.1, -0.05) is 190 Å². The third-order valence-corrected chi connectivity index (χ3v) is 18.3. The van der Waals surface area contributed by atoms with Gasteiger partial charge in [0.25, 0.3) is 0 Å². The summed E-state index contributed by atoms with van der Waals surface area (Å²) in [4.78, 5) is 0. The molecule has 0 spiro atoms. The molecule has 0 aliphatic heterocycles. The van der Waals surface area contributed by atoms with Crippen molar-refractivity contribution < 1.29 is 0 Å². The van der Waals surface area contributed by atoms with Gasteiger partial charge in [0.2, 0.25) is 0 Å². The monoisotopic (exact) mass is 782 g/mol. The molecule has 0 fully saturated rings. The van der Waals surface area contributed by atoms with Crippen molar-refractivity contribution in [3.63, 3.8) is 0 Å². The molecule has 2 heterocycles. The van der Waals surface area contributed by atoms with Gasteiger partial charge >= 0.3 is 0 Å². The van der Waals surface area contributed by atoms with Crippen LogP contribution in [-0.4, -0.2) is 17.2 Å². The summed E-state index contributed by atoms with van der Waals surface area (Å²) in [5.41, 5.74) is 12.7. The summed E-state index contributed by atoms with van der Waals surface area (Å²) in [6, 6.07) is 81.8. The van der Waals surface area contributed by atoms with E-state index in [1.54, 1.807) is 0 Å². The molecular formula is C57H42N2Si. The van der Waals surface area contributed by atoms with E-state index < -0.39 is 8.07 Å². The zero-order valence-electron chi connectivity index (χ0n) is 33.7. The molecule has 60 heavy (non-hydrogen) atoms. The summed E-state index contributed by atoms with van der Waals surface area (Å²) in [5, 5.41) is 10.6. The van der Waals surface area contributed by atoms with Crippen molar-refractivity contribution in [2.24, 2.45) is 0 Å². The maximum absolute atomic E-state index is 2.83. The van der Waals surface area contributed by atoms with Crippen LogP contribution in [-0.2, 0) is 5.41 Å². The third kappa shape index (κ3) is 4.81. The largest absolute Gasteiger partial charge is 0.309 e. The Hall–Kier alpha value is -7.20. The number of nitrogens with zero attached hydrogens (tertiary/aromatic N) is 2. The first-order valence-electron chi connectivity index (χ1n) is 21.0. The molecule has 0 amide bonds. The molecule has 0 bridgehead atoms. The molecule has 284 valence electrons. The van der Waals surface area contributed by atoms with E-state index in [0.717, 1.165) is 0 Å². The summed E-state index contributed by atoms with van der Waals surface area (Å²) in [6.07, 6.45) is 0. The Labute approximate surface area is 351 Å². The fourth-order valence-electron chi connectivity index (χ4n) is 10.9. The van der Waals surface area contributed by atoms with Gasteiger partial charge < -0.3 is 9.13 Å². The first-order valence-corrected chi connectivity index (χ1v) is 23.0. The van der Waals surface area contributed by atoms with Crippen molar-refractivity contribution in [3.05, 3.63) is 230 Å². The van der Waals surface area contributed by atoms with E-state index in [2.05, 4.69) is 241 Å². The molecule has 12 rings (SSSR count). The topological polar surface area (TPSA) is 9.86 Å². The summed E-state index contributed by atoms with van der Waals surface area (Å²) in [5.74, 6) is 0. The summed E-state index contributed by atoms with van der Waals surface area (Å²) in [6.45, 7) is 4.79. The molecule has 2 nitrogen and oxygen atoms in total. The molecule has 0 unspecified atom stereocenters. The van der Waals surface area contributed by atoms with Crippen molar-refractivity contribution >= 4 is 72.4 Å². The summed E-state index contributed by atoms with van der Waals surface area (Å²) in [7, 11) is -2.83. The number of rotatable bonds is 6. The van der Waals surface area contributed by atoms with Gasteiger partial charge in [0.05, 0.1) is 22.1 Å². The molecule has 0 N–H and O–H groups in total. The van der Waals surface area contributed by atoms with E-state index in [9.17, 15) is 0 Å². The molecule has 0 saturated carbocycles. The minimum absolute atomic E-state index is 0.147. The highest BCUT2D eigenvalue weighted by Gasteiger charge is 2.42. The molecule has 2 aromatic heterocycles. The van der Waals surface area contributed by atoms with Gasteiger partial charge in [-0.05, 0) is 85.5 Å². The van der Waals surface area contributed by atoms with E-state index >= 15 is 0 Å². The number of hydrogen-bond donors (Lipinski definition) is 0. The second-order valence-electron chi connectivity index (χ2n) is 16.9. The van der Waals surface area contributed by atoms with Crippen LogP contribution in [0.2, 0.25) is 0 Å². The number of para-hydroxylation sites is 3. The summed E-state index contributed by atoms with van der Waals surface area (Å²) >= 11 is 0. The second kappa shape index (κ2) is 13.2. The molecule has 0 radical (unpaired) electrons. The molecule has 11 aromatic rings. The van der Waals surface area contributed by atoms with Gasteiger partial charge in [0, 0.05) is 38.3 Å². The predicted octanol–water partition coefficient (Wildman–Crippen LogP) is 11.6. The minimum atomic E-state index is -2.83. The summed E-state index contributed by atoms with van der Waals surface area (Å²) < 4.78 is 4.95. The molecule has 3 heteroatoms. The Bertz CT molecular complexity index is 3330. The standard InChI is InChI=1S/C57H42N2Si/c1-57(2)51-25-13-9-21-45(51)49-37-38-50-48-24-12-16-28-54(48)59(56(50)55(49)57)40-31-35-44(36-32-40)60(41-17-5-3-6-18-41,42-19-7-4-8-20-42)43-33-29-39(30-34-43)58-52-26-14-10-22-46(52)47-23-11-15-27-53(47)58/h3-38H,1-2H3. The van der Waals surface area contributed by atoms with Gasteiger partial charge in [0.15, 0.2) is 8.07 Å².